The summed E-state index contributed by atoms with van der Waals surface area (Å²) < 4.78 is 0. The molecule has 0 aromatic heterocycles. The van der Waals surface area contributed by atoms with Gasteiger partial charge in [0.15, 0.2) is 5.75 Å². The highest BCUT2D eigenvalue weighted by Gasteiger charge is 2.08. The Morgan fingerprint density at radius 2 is 1.88 bits per heavy atom. The first-order valence-corrected chi connectivity index (χ1v) is 5.64. The molecule has 0 heterocycles. The van der Waals surface area contributed by atoms with Gasteiger partial charge in [-0.25, -0.2) is 4.79 Å². The number of carbonyl (C=O) groups excluding carboxylic acids is 1. The molecule has 1 aromatic rings. The van der Waals surface area contributed by atoms with Crippen molar-refractivity contribution in [2.45, 2.75) is 6.42 Å². The minimum absolute atomic E-state index is 0.0111. The highest BCUT2D eigenvalue weighted by molar-refractivity contribution is 6.37. The topological polar surface area (TPSA) is 81.6 Å². The molecule has 1 rings (SSSR count). The zero-order chi connectivity index (χ0) is 12.8. The maximum absolute atomic E-state index is 11.3. The van der Waals surface area contributed by atoms with Gasteiger partial charge in [-0.2, -0.15) is 0 Å². The lowest BCUT2D eigenvalue weighted by atomic mass is 10.3. The van der Waals surface area contributed by atoms with E-state index in [2.05, 4.69) is 10.6 Å². The van der Waals surface area contributed by atoms with E-state index in [4.69, 9.17) is 28.3 Å². The number of anilines is 1. The molecule has 0 bridgehead atoms. The van der Waals surface area contributed by atoms with Crippen LogP contribution in [0, 0.1) is 0 Å². The summed E-state index contributed by atoms with van der Waals surface area (Å²) >= 11 is 11.4. The molecule has 0 aliphatic heterocycles. The minimum Gasteiger partial charge on any atom is -0.505 e. The molecule has 17 heavy (non-hydrogen) atoms. The summed E-state index contributed by atoms with van der Waals surface area (Å²) in [5, 5.41) is 23.0. The molecule has 5 nitrogen and oxygen atoms in total. The van der Waals surface area contributed by atoms with Crippen molar-refractivity contribution < 1.29 is 15.0 Å². The first kappa shape index (κ1) is 13.9. The van der Waals surface area contributed by atoms with E-state index in [-0.39, 0.29) is 22.4 Å². The highest BCUT2D eigenvalue weighted by atomic mass is 35.5. The number of nitrogens with one attached hydrogen (secondary N) is 2. The van der Waals surface area contributed by atoms with Crippen LogP contribution in [0.15, 0.2) is 12.1 Å². The molecule has 0 saturated heterocycles. The summed E-state index contributed by atoms with van der Waals surface area (Å²) in [7, 11) is 0. The van der Waals surface area contributed by atoms with Crippen LogP contribution in [-0.2, 0) is 0 Å². The average Bonchev–Trinajstić information content (AvgIpc) is 2.26. The van der Waals surface area contributed by atoms with Gasteiger partial charge in [0.25, 0.3) is 0 Å². The zero-order valence-electron chi connectivity index (χ0n) is 8.83. The molecule has 1 aromatic carbocycles. The van der Waals surface area contributed by atoms with E-state index < -0.39 is 6.03 Å². The Kier molecular flexibility index (Phi) is 5.34. The second-order valence-corrected chi connectivity index (χ2v) is 4.06. The van der Waals surface area contributed by atoms with Crippen molar-refractivity contribution in [2.24, 2.45) is 0 Å². The van der Waals surface area contributed by atoms with E-state index >= 15 is 0 Å². The number of phenols is 1. The number of benzene rings is 1. The van der Waals surface area contributed by atoms with Gasteiger partial charge in [-0.3, -0.25) is 0 Å². The standard InChI is InChI=1S/C10H12Cl2N2O3/c11-7-4-6(5-8(12)9(7)16)14-10(17)13-2-1-3-15/h4-5,15-16H,1-3H2,(H2,13,14,17). The van der Waals surface area contributed by atoms with Crippen LogP contribution in [-0.4, -0.2) is 29.4 Å². The lowest BCUT2D eigenvalue weighted by Gasteiger charge is -2.08. The molecule has 94 valence electrons. The summed E-state index contributed by atoms with van der Waals surface area (Å²) in [6, 6.07) is 2.33. The Morgan fingerprint density at radius 1 is 1.29 bits per heavy atom. The number of rotatable bonds is 4. The molecule has 2 amide bonds. The van der Waals surface area contributed by atoms with Crippen LogP contribution in [0.1, 0.15) is 6.42 Å². The van der Waals surface area contributed by atoms with Gasteiger partial charge in [0, 0.05) is 18.8 Å². The maximum atomic E-state index is 11.3. The van der Waals surface area contributed by atoms with Crippen molar-refractivity contribution in [1.29, 1.82) is 0 Å². The van der Waals surface area contributed by atoms with Gasteiger partial charge in [0.2, 0.25) is 0 Å². The number of halogens is 2. The molecule has 0 fully saturated rings. The lowest BCUT2D eigenvalue weighted by molar-refractivity contribution is 0.249. The van der Waals surface area contributed by atoms with E-state index in [0.717, 1.165) is 0 Å². The Bertz CT molecular complexity index is 390. The Morgan fingerprint density at radius 3 is 2.41 bits per heavy atom. The van der Waals surface area contributed by atoms with Crippen molar-refractivity contribution in [2.75, 3.05) is 18.5 Å². The molecule has 0 spiro atoms. The van der Waals surface area contributed by atoms with E-state index in [1.165, 1.54) is 12.1 Å². The molecule has 0 aliphatic rings. The van der Waals surface area contributed by atoms with Gasteiger partial charge in [-0.1, -0.05) is 23.2 Å². The minimum atomic E-state index is -0.434. The predicted molar refractivity (Wildman–Crippen MR) is 66.9 cm³/mol. The van der Waals surface area contributed by atoms with Crippen molar-refractivity contribution in [1.82, 2.24) is 5.32 Å². The van der Waals surface area contributed by atoms with Crippen LogP contribution in [0.3, 0.4) is 0 Å². The predicted octanol–water partition coefficient (Wildman–Crippen LogP) is 2.20. The third-order valence-electron chi connectivity index (χ3n) is 1.90. The van der Waals surface area contributed by atoms with Crippen LogP contribution in [0.4, 0.5) is 10.5 Å². The number of aromatic hydroxyl groups is 1. The van der Waals surface area contributed by atoms with Crippen LogP contribution >= 0.6 is 23.2 Å². The molecule has 0 radical (unpaired) electrons. The number of hydrogen-bond acceptors (Lipinski definition) is 3. The van der Waals surface area contributed by atoms with E-state index in [0.29, 0.717) is 18.7 Å². The van der Waals surface area contributed by atoms with Crippen molar-refractivity contribution in [3.05, 3.63) is 22.2 Å². The number of aliphatic hydroxyl groups is 1. The molecule has 7 heteroatoms. The van der Waals surface area contributed by atoms with E-state index in [1.54, 1.807) is 0 Å². The Labute approximate surface area is 108 Å². The quantitative estimate of drug-likeness (QED) is 0.504. The van der Waals surface area contributed by atoms with Crippen LogP contribution < -0.4 is 10.6 Å². The normalized spacial score (nSPS) is 10.1. The van der Waals surface area contributed by atoms with Gasteiger partial charge in [0.1, 0.15) is 0 Å². The van der Waals surface area contributed by atoms with E-state index in [9.17, 15) is 9.90 Å². The number of carbonyl (C=O) groups is 1. The monoisotopic (exact) mass is 278 g/mol. The summed E-state index contributed by atoms with van der Waals surface area (Å²) in [6.45, 7) is 0.374. The van der Waals surface area contributed by atoms with Crippen LogP contribution in [0.25, 0.3) is 0 Å². The van der Waals surface area contributed by atoms with Gasteiger partial charge >= 0.3 is 6.03 Å². The number of amides is 2. The molecule has 0 unspecified atom stereocenters. The maximum Gasteiger partial charge on any atom is 0.319 e. The van der Waals surface area contributed by atoms with Gasteiger partial charge in [-0.15, -0.1) is 0 Å². The average molecular weight is 279 g/mol. The summed E-state index contributed by atoms with van der Waals surface area (Å²) in [6.07, 6.45) is 0.477. The summed E-state index contributed by atoms with van der Waals surface area (Å²) in [5.41, 5.74) is 0.374. The van der Waals surface area contributed by atoms with E-state index in [1.807, 2.05) is 0 Å². The van der Waals surface area contributed by atoms with Crippen LogP contribution in [0.5, 0.6) is 5.75 Å². The number of aliphatic hydroxyl groups excluding tert-OH is 1. The molecular formula is C10H12Cl2N2O3. The van der Waals surface area contributed by atoms with Crippen molar-refractivity contribution >= 4 is 34.9 Å². The van der Waals surface area contributed by atoms with Crippen molar-refractivity contribution in [3.8, 4) is 5.75 Å². The fraction of sp³-hybridized carbons (Fsp3) is 0.300. The zero-order valence-corrected chi connectivity index (χ0v) is 10.3. The van der Waals surface area contributed by atoms with Gasteiger partial charge < -0.3 is 20.8 Å². The largest absolute Gasteiger partial charge is 0.505 e. The van der Waals surface area contributed by atoms with Crippen molar-refractivity contribution in [3.63, 3.8) is 0 Å². The SMILES string of the molecule is O=C(NCCCO)Nc1cc(Cl)c(O)c(Cl)c1. The fourth-order valence-electron chi connectivity index (χ4n) is 1.09. The number of urea groups is 1. The molecule has 0 atom stereocenters. The van der Waals surface area contributed by atoms with Crippen LogP contribution in [0.2, 0.25) is 10.0 Å². The second kappa shape index (κ2) is 6.54. The van der Waals surface area contributed by atoms with Gasteiger partial charge in [-0.05, 0) is 18.6 Å². The Hall–Kier alpha value is -1.17. The number of phenolic OH excluding ortho intramolecular Hbond substituents is 1. The molecular weight excluding hydrogens is 267 g/mol. The smallest absolute Gasteiger partial charge is 0.319 e. The molecule has 0 aliphatic carbocycles. The molecule has 4 N–H and O–H groups in total. The second-order valence-electron chi connectivity index (χ2n) is 3.25. The molecule has 0 saturated carbocycles. The first-order valence-electron chi connectivity index (χ1n) is 4.88. The summed E-state index contributed by atoms with van der Waals surface area (Å²) in [5.74, 6) is -0.223. The summed E-state index contributed by atoms with van der Waals surface area (Å²) in [4.78, 5) is 11.3. The van der Waals surface area contributed by atoms with Gasteiger partial charge in [0.05, 0.1) is 10.0 Å². The number of hydrogen-bond donors (Lipinski definition) is 4. The third-order valence-corrected chi connectivity index (χ3v) is 2.47. The highest BCUT2D eigenvalue weighted by Crippen LogP contribution is 2.34. The lowest BCUT2D eigenvalue weighted by Crippen LogP contribution is -2.29. The fourth-order valence-corrected chi connectivity index (χ4v) is 1.58. The third kappa shape index (κ3) is 4.30. The Balaban J connectivity index is 2.60. The first-order chi connectivity index (χ1) is 8.04.